The molecule has 0 bridgehead atoms. The molecule has 1 aliphatic heterocycles. The molecule has 3 rings (SSSR count). The Labute approximate surface area is 127 Å². The van der Waals surface area contributed by atoms with E-state index in [1.807, 2.05) is 4.90 Å². The summed E-state index contributed by atoms with van der Waals surface area (Å²) in [5.74, 6) is 0.672. The van der Waals surface area contributed by atoms with Crippen molar-refractivity contribution in [1.82, 2.24) is 4.90 Å². The van der Waals surface area contributed by atoms with Crippen LogP contribution < -0.4 is 0 Å². The number of rotatable bonds is 4. The van der Waals surface area contributed by atoms with Crippen molar-refractivity contribution in [2.45, 2.75) is 51.7 Å². The number of ether oxygens (including phenoxy) is 1. The number of hydrogen-bond donors (Lipinski definition) is 0. The summed E-state index contributed by atoms with van der Waals surface area (Å²) in [6, 6.07) is 8.48. The lowest BCUT2D eigenvalue weighted by atomic mass is 9.84. The van der Waals surface area contributed by atoms with Crippen molar-refractivity contribution in [3.63, 3.8) is 0 Å². The highest BCUT2D eigenvalue weighted by atomic mass is 16.5. The molecule has 0 N–H and O–H groups in total. The van der Waals surface area contributed by atoms with E-state index in [1.54, 1.807) is 0 Å². The smallest absolute Gasteiger partial charge is 0.225 e. The predicted octanol–water partition coefficient (Wildman–Crippen LogP) is 3.30. The maximum absolute atomic E-state index is 12.3. The molecule has 2 fully saturated rings. The van der Waals surface area contributed by atoms with E-state index in [0.717, 1.165) is 38.8 Å². The van der Waals surface area contributed by atoms with Gasteiger partial charge in [-0.1, -0.05) is 36.2 Å². The van der Waals surface area contributed by atoms with Crippen LogP contribution in [0.4, 0.5) is 0 Å². The van der Waals surface area contributed by atoms with Crippen molar-refractivity contribution < 1.29 is 9.53 Å². The molecule has 1 saturated heterocycles. The van der Waals surface area contributed by atoms with Gasteiger partial charge in [0.2, 0.25) is 5.91 Å². The highest BCUT2D eigenvalue weighted by Crippen LogP contribution is 2.29. The van der Waals surface area contributed by atoms with Gasteiger partial charge in [0.15, 0.2) is 0 Å². The molecule has 0 radical (unpaired) electrons. The number of likely N-dealkylation sites (tertiary alicyclic amines) is 1. The number of carbonyl (C=O) groups excluding carboxylic acids is 1. The largest absolute Gasteiger partial charge is 0.372 e. The third-order valence-electron chi connectivity index (χ3n) is 4.75. The van der Waals surface area contributed by atoms with E-state index in [-0.39, 0.29) is 6.10 Å². The first-order valence-electron chi connectivity index (χ1n) is 8.18. The molecule has 0 unspecified atom stereocenters. The molecule has 1 aliphatic carbocycles. The van der Waals surface area contributed by atoms with Crippen LogP contribution in [0.5, 0.6) is 0 Å². The standard InChI is InChI=1S/C18H25NO2/c1-14-7-9-15(10-8-14)13-21-17-6-3-11-19(12-17)18(20)16-4-2-5-16/h7-10,16-17H,2-6,11-13H2,1H3/t17-/m0/s1. The van der Waals surface area contributed by atoms with Gasteiger partial charge in [0.25, 0.3) is 0 Å². The van der Waals surface area contributed by atoms with Crippen LogP contribution in [0, 0.1) is 12.8 Å². The van der Waals surface area contributed by atoms with Gasteiger partial charge in [0, 0.05) is 19.0 Å². The molecule has 1 saturated carbocycles. The third-order valence-corrected chi connectivity index (χ3v) is 4.75. The van der Waals surface area contributed by atoms with E-state index < -0.39 is 0 Å². The molecule has 1 aromatic rings. The number of carbonyl (C=O) groups is 1. The molecular weight excluding hydrogens is 262 g/mol. The van der Waals surface area contributed by atoms with Crippen LogP contribution in [-0.4, -0.2) is 30.0 Å². The Morgan fingerprint density at radius 1 is 1.19 bits per heavy atom. The number of aryl methyl sites for hydroxylation is 1. The predicted molar refractivity (Wildman–Crippen MR) is 82.9 cm³/mol. The highest BCUT2D eigenvalue weighted by molar-refractivity contribution is 5.79. The second kappa shape index (κ2) is 6.61. The van der Waals surface area contributed by atoms with Gasteiger partial charge in [-0.2, -0.15) is 0 Å². The first kappa shape index (κ1) is 14.6. The Bertz CT molecular complexity index is 478. The number of nitrogens with zero attached hydrogens (tertiary/aromatic N) is 1. The number of amides is 1. The Balaban J connectivity index is 1.49. The van der Waals surface area contributed by atoms with Crippen molar-refractivity contribution in [3.8, 4) is 0 Å². The Morgan fingerprint density at radius 3 is 2.62 bits per heavy atom. The fourth-order valence-electron chi connectivity index (χ4n) is 3.09. The SMILES string of the molecule is Cc1ccc(CO[C@H]2CCCN(C(=O)C3CCC3)C2)cc1. The summed E-state index contributed by atoms with van der Waals surface area (Å²) in [6.07, 6.45) is 5.73. The molecule has 1 heterocycles. The van der Waals surface area contributed by atoms with Crippen molar-refractivity contribution in [2.24, 2.45) is 5.92 Å². The van der Waals surface area contributed by atoms with Crippen LogP contribution in [0.3, 0.4) is 0 Å². The second-order valence-corrected chi connectivity index (χ2v) is 6.47. The Kier molecular flexibility index (Phi) is 4.59. The average Bonchev–Trinajstić information content (AvgIpc) is 2.45. The van der Waals surface area contributed by atoms with E-state index in [1.165, 1.54) is 17.5 Å². The third kappa shape index (κ3) is 3.65. The molecule has 114 valence electrons. The molecule has 3 heteroatoms. The van der Waals surface area contributed by atoms with E-state index in [9.17, 15) is 4.79 Å². The summed E-state index contributed by atoms with van der Waals surface area (Å²) >= 11 is 0. The van der Waals surface area contributed by atoms with Gasteiger partial charge in [0.1, 0.15) is 0 Å². The lowest BCUT2D eigenvalue weighted by molar-refractivity contribution is -0.142. The van der Waals surface area contributed by atoms with Crippen LogP contribution in [0.15, 0.2) is 24.3 Å². The van der Waals surface area contributed by atoms with Crippen molar-refractivity contribution >= 4 is 5.91 Å². The highest BCUT2D eigenvalue weighted by Gasteiger charge is 2.32. The topological polar surface area (TPSA) is 29.5 Å². The maximum Gasteiger partial charge on any atom is 0.225 e. The van der Waals surface area contributed by atoms with Gasteiger partial charge < -0.3 is 9.64 Å². The summed E-state index contributed by atoms with van der Waals surface area (Å²) in [4.78, 5) is 14.3. The summed E-state index contributed by atoms with van der Waals surface area (Å²) in [7, 11) is 0. The van der Waals surface area contributed by atoms with Crippen molar-refractivity contribution in [2.75, 3.05) is 13.1 Å². The van der Waals surface area contributed by atoms with E-state index in [2.05, 4.69) is 31.2 Å². The van der Waals surface area contributed by atoms with Gasteiger partial charge in [-0.15, -0.1) is 0 Å². The summed E-state index contributed by atoms with van der Waals surface area (Å²) in [5.41, 5.74) is 2.48. The molecule has 0 spiro atoms. The molecule has 1 amide bonds. The van der Waals surface area contributed by atoms with Crippen LogP contribution in [0.1, 0.15) is 43.2 Å². The first-order valence-corrected chi connectivity index (χ1v) is 8.18. The lowest BCUT2D eigenvalue weighted by Crippen LogP contribution is -2.46. The zero-order valence-electron chi connectivity index (χ0n) is 12.9. The van der Waals surface area contributed by atoms with Crippen LogP contribution >= 0.6 is 0 Å². The quantitative estimate of drug-likeness (QED) is 0.850. The fraction of sp³-hybridized carbons (Fsp3) is 0.611. The molecule has 3 nitrogen and oxygen atoms in total. The first-order chi connectivity index (χ1) is 10.2. The molecule has 2 aliphatic rings. The van der Waals surface area contributed by atoms with Gasteiger partial charge in [0.05, 0.1) is 12.7 Å². The number of hydrogen-bond acceptors (Lipinski definition) is 2. The summed E-state index contributed by atoms with van der Waals surface area (Å²) < 4.78 is 6.03. The number of piperidine rings is 1. The molecular formula is C18H25NO2. The van der Waals surface area contributed by atoms with E-state index >= 15 is 0 Å². The van der Waals surface area contributed by atoms with E-state index in [4.69, 9.17) is 4.74 Å². The van der Waals surface area contributed by atoms with E-state index in [0.29, 0.717) is 18.4 Å². The van der Waals surface area contributed by atoms with Gasteiger partial charge in [-0.05, 0) is 38.2 Å². The van der Waals surface area contributed by atoms with Gasteiger partial charge >= 0.3 is 0 Å². The second-order valence-electron chi connectivity index (χ2n) is 6.47. The summed E-state index contributed by atoms with van der Waals surface area (Å²) in [5, 5.41) is 0. The van der Waals surface area contributed by atoms with Crippen LogP contribution in [0.2, 0.25) is 0 Å². The van der Waals surface area contributed by atoms with Gasteiger partial charge in [-0.3, -0.25) is 4.79 Å². The zero-order chi connectivity index (χ0) is 14.7. The van der Waals surface area contributed by atoms with Crippen molar-refractivity contribution in [1.29, 1.82) is 0 Å². The Morgan fingerprint density at radius 2 is 1.95 bits per heavy atom. The van der Waals surface area contributed by atoms with Crippen molar-refractivity contribution in [3.05, 3.63) is 35.4 Å². The Hall–Kier alpha value is -1.35. The zero-order valence-corrected chi connectivity index (χ0v) is 12.9. The van der Waals surface area contributed by atoms with Gasteiger partial charge in [-0.25, -0.2) is 0 Å². The normalized spacial score (nSPS) is 22.9. The minimum Gasteiger partial charge on any atom is -0.372 e. The van der Waals surface area contributed by atoms with Crippen LogP contribution in [0.25, 0.3) is 0 Å². The van der Waals surface area contributed by atoms with Crippen LogP contribution in [-0.2, 0) is 16.1 Å². The maximum atomic E-state index is 12.3. The molecule has 1 atom stereocenters. The average molecular weight is 287 g/mol. The number of benzene rings is 1. The molecule has 0 aromatic heterocycles. The minimum atomic E-state index is 0.198. The fourth-order valence-corrected chi connectivity index (χ4v) is 3.09. The molecule has 21 heavy (non-hydrogen) atoms. The molecule has 1 aromatic carbocycles. The monoisotopic (exact) mass is 287 g/mol. The minimum absolute atomic E-state index is 0.198. The summed E-state index contributed by atoms with van der Waals surface area (Å²) in [6.45, 7) is 4.44. The lowest BCUT2D eigenvalue weighted by Gasteiger charge is -2.37.